The molecule has 154 valence electrons. The molecule has 2 heterocycles. The Morgan fingerprint density at radius 1 is 0.967 bits per heavy atom. The number of esters is 1. The van der Waals surface area contributed by atoms with Crippen LogP contribution < -0.4 is 5.32 Å². The van der Waals surface area contributed by atoms with Gasteiger partial charge in [-0.25, -0.2) is 0 Å². The van der Waals surface area contributed by atoms with E-state index in [2.05, 4.69) is 5.32 Å². The molecule has 1 N–H and O–H groups in total. The summed E-state index contributed by atoms with van der Waals surface area (Å²) in [5, 5.41) is 2.92. The first kappa shape index (κ1) is 20.2. The van der Waals surface area contributed by atoms with Gasteiger partial charge in [0.1, 0.15) is 6.10 Å². The van der Waals surface area contributed by atoms with Gasteiger partial charge in [0.2, 0.25) is 0 Å². The van der Waals surface area contributed by atoms with Crippen molar-refractivity contribution in [2.24, 2.45) is 0 Å². The topological polar surface area (TPSA) is 92.8 Å². The molecule has 0 radical (unpaired) electrons. The van der Waals surface area contributed by atoms with Crippen molar-refractivity contribution in [2.45, 2.75) is 18.6 Å². The van der Waals surface area contributed by atoms with E-state index in [4.69, 9.17) is 4.74 Å². The van der Waals surface area contributed by atoms with Gasteiger partial charge in [0.15, 0.2) is 0 Å². The van der Waals surface area contributed by atoms with Crippen LogP contribution in [0.2, 0.25) is 0 Å². The van der Waals surface area contributed by atoms with Crippen molar-refractivity contribution in [1.82, 2.24) is 10.2 Å². The summed E-state index contributed by atoms with van der Waals surface area (Å²) >= 11 is 1.59. The summed E-state index contributed by atoms with van der Waals surface area (Å²) in [6, 6.07) is 15.2. The van der Waals surface area contributed by atoms with Crippen LogP contribution >= 0.6 is 11.8 Å². The molecule has 2 aliphatic rings. The van der Waals surface area contributed by atoms with E-state index >= 15 is 0 Å². The number of fused-ring (bicyclic) bond motifs is 1. The van der Waals surface area contributed by atoms with Crippen LogP contribution in [0, 0.1) is 0 Å². The second-order valence-corrected chi connectivity index (χ2v) is 8.14. The number of ether oxygens (including phenoxy) is 1. The third kappa shape index (κ3) is 4.09. The highest BCUT2D eigenvalue weighted by Gasteiger charge is 2.36. The molecule has 0 saturated carbocycles. The van der Waals surface area contributed by atoms with Crippen molar-refractivity contribution in [2.75, 3.05) is 18.1 Å². The molecule has 0 bridgehead atoms. The lowest BCUT2D eigenvalue weighted by Gasteiger charge is -2.21. The smallest absolute Gasteiger partial charge is 0.307 e. The number of hydrogen-bond donors (Lipinski definition) is 1. The number of amides is 3. The molecular weight excluding hydrogens is 404 g/mol. The fraction of sp³-hybridized carbons (Fsp3) is 0.273. The van der Waals surface area contributed by atoms with Crippen LogP contribution in [0.5, 0.6) is 0 Å². The highest BCUT2D eigenvalue weighted by atomic mass is 32.2. The standard InChI is InChI=1S/C22H20N2O5S/c25-19(10-11-24-21(27)15-8-4-5-9-16(15)22(24)28)29-18-13-30-12-17(18)23-20(26)14-6-2-1-3-7-14/h1-9,17-18H,10-13H2,(H,23,26)/t17-,18+/m0/s1. The third-order valence-electron chi connectivity index (χ3n) is 5.08. The SMILES string of the molecule is O=C(CCN1C(=O)c2ccccc2C1=O)O[C@@H]1CSC[C@@H]1NC(=O)c1ccccc1. The van der Waals surface area contributed by atoms with E-state index in [1.165, 1.54) is 0 Å². The van der Waals surface area contributed by atoms with Crippen LogP contribution in [0.15, 0.2) is 54.6 Å². The fourth-order valence-corrected chi connectivity index (χ4v) is 4.72. The number of nitrogens with one attached hydrogen (secondary N) is 1. The number of rotatable bonds is 6. The minimum Gasteiger partial charge on any atom is -0.459 e. The number of hydrogen-bond acceptors (Lipinski definition) is 6. The maximum absolute atomic E-state index is 12.4. The molecule has 7 nitrogen and oxygen atoms in total. The lowest BCUT2D eigenvalue weighted by Crippen LogP contribution is -2.44. The molecule has 8 heteroatoms. The normalized spacial score (nSPS) is 20.2. The molecule has 0 spiro atoms. The second-order valence-electron chi connectivity index (χ2n) is 7.07. The van der Waals surface area contributed by atoms with Crippen molar-refractivity contribution in [3.05, 3.63) is 71.3 Å². The lowest BCUT2D eigenvalue weighted by molar-refractivity contribution is -0.148. The Morgan fingerprint density at radius 3 is 2.27 bits per heavy atom. The van der Waals surface area contributed by atoms with Gasteiger partial charge in [0.25, 0.3) is 17.7 Å². The molecule has 1 saturated heterocycles. The van der Waals surface area contributed by atoms with Crippen LogP contribution in [-0.4, -0.2) is 58.8 Å². The van der Waals surface area contributed by atoms with E-state index in [-0.39, 0.29) is 24.9 Å². The number of carbonyl (C=O) groups is 4. The Bertz CT molecular complexity index is 959. The molecule has 1 fully saturated rings. The Morgan fingerprint density at radius 2 is 1.60 bits per heavy atom. The molecule has 2 aromatic rings. The van der Waals surface area contributed by atoms with E-state index in [1.807, 2.05) is 6.07 Å². The molecule has 2 aliphatic heterocycles. The third-order valence-corrected chi connectivity index (χ3v) is 6.24. The van der Waals surface area contributed by atoms with Crippen LogP contribution in [0.4, 0.5) is 0 Å². The van der Waals surface area contributed by atoms with Gasteiger partial charge in [-0.3, -0.25) is 24.1 Å². The first-order valence-electron chi connectivity index (χ1n) is 9.63. The number of thioether (sulfide) groups is 1. The molecule has 0 unspecified atom stereocenters. The molecule has 4 rings (SSSR count). The number of carbonyl (C=O) groups excluding carboxylic acids is 4. The predicted molar refractivity (Wildman–Crippen MR) is 111 cm³/mol. The first-order chi connectivity index (χ1) is 14.5. The maximum Gasteiger partial charge on any atom is 0.307 e. The zero-order valence-corrected chi connectivity index (χ0v) is 16.9. The quantitative estimate of drug-likeness (QED) is 0.564. The van der Waals surface area contributed by atoms with Gasteiger partial charge in [-0.2, -0.15) is 11.8 Å². The van der Waals surface area contributed by atoms with E-state index in [0.717, 1.165) is 4.90 Å². The lowest BCUT2D eigenvalue weighted by atomic mass is 10.1. The van der Waals surface area contributed by atoms with E-state index in [9.17, 15) is 19.2 Å². The van der Waals surface area contributed by atoms with Crippen molar-refractivity contribution in [3.8, 4) is 0 Å². The number of imide groups is 1. The summed E-state index contributed by atoms with van der Waals surface area (Å²) < 4.78 is 5.54. The van der Waals surface area contributed by atoms with E-state index in [1.54, 1.807) is 60.3 Å². The van der Waals surface area contributed by atoms with Crippen LogP contribution in [-0.2, 0) is 9.53 Å². The summed E-state index contributed by atoms with van der Waals surface area (Å²) in [6.07, 6.45) is -0.538. The molecule has 30 heavy (non-hydrogen) atoms. The molecule has 3 amide bonds. The van der Waals surface area contributed by atoms with E-state index in [0.29, 0.717) is 28.2 Å². The molecule has 0 aliphatic carbocycles. The minimum absolute atomic E-state index is 0.0356. The average Bonchev–Trinajstić information content (AvgIpc) is 3.29. The molecule has 2 atom stereocenters. The summed E-state index contributed by atoms with van der Waals surface area (Å²) in [5.41, 5.74) is 1.25. The predicted octanol–water partition coefficient (Wildman–Crippen LogP) is 2.13. The van der Waals surface area contributed by atoms with E-state index < -0.39 is 23.9 Å². The van der Waals surface area contributed by atoms with Gasteiger partial charge in [-0.1, -0.05) is 30.3 Å². The monoisotopic (exact) mass is 424 g/mol. The van der Waals surface area contributed by atoms with Gasteiger partial charge >= 0.3 is 5.97 Å². The summed E-state index contributed by atoms with van der Waals surface area (Å²) in [7, 11) is 0. The summed E-state index contributed by atoms with van der Waals surface area (Å²) in [6.45, 7) is -0.0356. The highest BCUT2D eigenvalue weighted by Crippen LogP contribution is 2.24. The van der Waals surface area contributed by atoms with Crippen molar-refractivity contribution in [1.29, 1.82) is 0 Å². The van der Waals surface area contributed by atoms with Crippen molar-refractivity contribution >= 4 is 35.5 Å². The summed E-state index contributed by atoms with van der Waals surface area (Å²) in [5.74, 6) is -0.276. The zero-order chi connectivity index (χ0) is 21.1. The zero-order valence-electron chi connectivity index (χ0n) is 16.1. The van der Waals surface area contributed by atoms with Gasteiger partial charge in [0.05, 0.1) is 23.6 Å². The van der Waals surface area contributed by atoms with Gasteiger partial charge in [0, 0.05) is 23.6 Å². The largest absolute Gasteiger partial charge is 0.459 e. The van der Waals surface area contributed by atoms with Gasteiger partial charge in [-0.05, 0) is 24.3 Å². The van der Waals surface area contributed by atoms with Crippen LogP contribution in [0.1, 0.15) is 37.5 Å². The van der Waals surface area contributed by atoms with Crippen LogP contribution in [0.3, 0.4) is 0 Å². The Balaban J connectivity index is 1.30. The number of benzene rings is 2. The van der Waals surface area contributed by atoms with Crippen molar-refractivity contribution < 1.29 is 23.9 Å². The number of nitrogens with zero attached hydrogens (tertiary/aromatic N) is 1. The second kappa shape index (κ2) is 8.71. The molecule has 0 aromatic heterocycles. The minimum atomic E-state index is -0.502. The first-order valence-corrected chi connectivity index (χ1v) is 10.8. The maximum atomic E-state index is 12.4. The van der Waals surface area contributed by atoms with Gasteiger partial charge < -0.3 is 10.1 Å². The van der Waals surface area contributed by atoms with Gasteiger partial charge in [-0.15, -0.1) is 0 Å². The Labute approximate surface area is 177 Å². The Hall–Kier alpha value is -3.13. The summed E-state index contributed by atoms with van der Waals surface area (Å²) in [4.78, 5) is 50.5. The fourth-order valence-electron chi connectivity index (χ4n) is 3.50. The average molecular weight is 424 g/mol. The van der Waals surface area contributed by atoms with Crippen LogP contribution in [0.25, 0.3) is 0 Å². The molecular formula is C22H20N2O5S. The highest BCUT2D eigenvalue weighted by molar-refractivity contribution is 7.99. The van der Waals surface area contributed by atoms with Crippen molar-refractivity contribution in [3.63, 3.8) is 0 Å². The molecule has 2 aromatic carbocycles. The Kier molecular flexibility index (Phi) is 5.85.